The fourth-order valence-electron chi connectivity index (χ4n) is 4.31. The second-order valence-electron chi connectivity index (χ2n) is 7.63. The van der Waals surface area contributed by atoms with E-state index in [-0.39, 0.29) is 18.3 Å². The molecule has 5 heteroatoms. The Hall–Kier alpha value is -2.04. The molecule has 1 spiro atoms. The van der Waals surface area contributed by atoms with Crippen LogP contribution in [-0.2, 0) is 0 Å². The molecule has 0 aromatic heterocycles. The average molecular weight is 386 g/mol. The molecule has 0 atom stereocenters. The maximum atomic E-state index is 13.2. The van der Waals surface area contributed by atoms with Gasteiger partial charge in [-0.15, -0.1) is 12.4 Å². The maximum absolute atomic E-state index is 13.2. The van der Waals surface area contributed by atoms with Crippen LogP contribution in [0.2, 0.25) is 0 Å². The van der Waals surface area contributed by atoms with Gasteiger partial charge >= 0.3 is 0 Å². The lowest BCUT2D eigenvalue weighted by Crippen LogP contribution is -2.44. The van der Waals surface area contributed by atoms with E-state index < -0.39 is 0 Å². The van der Waals surface area contributed by atoms with E-state index in [1.54, 1.807) is 0 Å². The zero-order valence-corrected chi connectivity index (χ0v) is 16.7. The van der Waals surface area contributed by atoms with Gasteiger partial charge in [-0.1, -0.05) is 30.3 Å². The second-order valence-corrected chi connectivity index (χ2v) is 7.63. The van der Waals surface area contributed by atoms with Gasteiger partial charge < -0.3 is 15.1 Å². The normalized spacial score (nSPS) is 18.2. The minimum Gasteiger partial charge on any atom is -0.344 e. The van der Waals surface area contributed by atoms with Crippen LogP contribution in [0.5, 0.6) is 0 Å². The number of carbonyl (C=O) groups is 1. The van der Waals surface area contributed by atoms with E-state index >= 15 is 0 Å². The number of anilines is 2. The maximum Gasteiger partial charge on any atom is 0.255 e. The largest absolute Gasteiger partial charge is 0.344 e. The van der Waals surface area contributed by atoms with Crippen molar-refractivity contribution in [1.29, 1.82) is 0 Å². The molecule has 27 heavy (non-hydrogen) atoms. The zero-order valence-electron chi connectivity index (χ0n) is 15.9. The standard InChI is InChI=1S/C22H27N3O.ClH/c1-24(18-7-3-2-4-8-18)20-10-6-5-9-19(20)21(26)25-15-12-22(13-16-25)11-14-23-17-22;/h2-10,23H,11-17H2,1H3;1H. The molecule has 2 fully saturated rings. The summed E-state index contributed by atoms with van der Waals surface area (Å²) in [5.74, 6) is 0.157. The Balaban J connectivity index is 0.00000210. The molecule has 0 bridgehead atoms. The van der Waals surface area contributed by atoms with Gasteiger partial charge in [-0.2, -0.15) is 0 Å². The van der Waals surface area contributed by atoms with E-state index in [0.717, 1.165) is 56.0 Å². The van der Waals surface area contributed by atoms with Crippen LogP contribution in [0.4, 0.5) is 11.4 Å². The van der Waals surface area contributed by atoms with Crippen molar-refractivity contribution in [1.82, 2.24) is 10.2 Å². The lowest BCUT2D eigenvalue weighted by molar-refractivity contribution is 0.0608. The van der Waals surface area contributed by atoms with Crippen LogP contribution in [-0.4, -0.2) is 44.0 Å². The minimum absolute atomic E-state index is 0. The van der Waals surface area contributed by atoms with Crippen LogP contribution in [0, 0.1) is 5.41 Å². The highest BCUT2D eigenvalue weighted by Crippen LogP contribution is 2.38. The molecule has 2 aliphatic heterocycles. The summed E-state index contributed by atoms with van der Waals surface area (Å²) in [5, 5.41) is 3.49. The van der Waals surface area contributed by atoms with Gasteiger partial charge in [0.2, 0.25) is 0 Å². The summed E-state index contributed by atoms with van der Waals surface area (Å²) in [6, 6.07) is 18.1. The van der Waals surface area contributed by atoms with Crippen LogP contribution in [0.1, 0.15) is 29.6 Å². The molecule has 0 saturated carbocycles. The summed E-state index contributed by atoms with van der Waals surface area (Å²) in [4.78, 5) is 17.4. The molecule has 4 rings (SSSR count). The summed E-state index contributed by atoms with van der Waals surface area (Å²) >= 11 is 0. The van der Waals surface area contributed by atoms with E-state index in [9.17, 15) is 4.79 Å². The molecule has 0 unspecified atom stereocenters. The third-order valence-electron chi connectivity index (χ3n) is 6.08. The number of benzene rings is 2. The van der Waals surface area contributed by atoms with Gasteiger partial charge in [0.1, 0.15) is 0 Å². The summed E-state index contributed by atoms with van der Waals surface area (Å²) in [6.45, 7) is 3.97. The smallest absolute Gasteiger partial charge is 0.255 e. The minimum atomic E-state index is 0. The fraction of sp³-hybridized carbons (Fsp3) is 0.409. The van der Waals surface area contributed by atoms with Gasteiger partial charge in [0.25, 0.3) is 5.91 Å². The number of para-hydroxylation sites is 2. The number of amides is 1. The highest BCUT2D eigenvalue weighted by Gasteiger charge is 2.38. The average Bonchev–Trinajstić information content (AvgIpc) is 3.16. The van der Waals surface area contributed by atoms with Gasteiger partial charge in [-0.05, 0) is 55.5 Å². The van der Waals surface area contributed by atoms with Gasteiger partial charge in [0.05, 0.1) is 11.3 Å². The molecule has 2 heterocycles. The molecular formula is C22H28ClN3O. The SMILES string of the molecule is CN(c1ccccc1)c1ccccc1C(=O)N1CCC2(CCNC2)CC1.Cl. The molecule has 2 aromatic carbocycles. The first-order chi connectivity index (χ1) is 12.7. The number of likely N-dealkylation sites (tertiary alicyclic amines) is 1. The van der Waals surface area contributed by atoms with Crippen molar-refractivity contribution in [3.63, 3.8) is 0 Å². The van der Waals surface area contributed by atoms with Crippen molar-refractivity contribution in [2.75, 3.05) is 38.1 Å². The number of piperidine rings is 1. The third kappa shape index (κ3) is 3.97. The fourth-order valence-corrected chi connectivity index (χ4v) is 4.31. The first-order valence-corrected chi connectivity index (χ1v) is 9.56. The second kappa shape index (κ2) is 8.32. The van der Waals surface area contributed by atoms with Crippen LogP contribution in [0.3, 0.4) is 0 Å². The lowest BCUT2D eigenvalue weighted by Gasteiger charge is -2.39. The lowest BCUT2D eigenvalue weighted by atomic mass is 9.78. The summed E-state index contributed by atoms with van der Waals surface area (Å²) in [7, 11) is 2.02. The molecule has 2 aromatic rings. The Morgan fingerprint density at radius 2 is 1.67 bits per heavy atom. The van der Waals surface area contributed by atoms with Crippen molar-refractivity contribution in [3.05, 3.63) is 60.2 Å². The summed E-state index contributed by atoms with van der Waals surface area (Å²) in [6.07, 6.45) is 3.48. The van der Waals surface area contributed by atoms with Crippen molar-refractivity contribution < 1.29 is 4.79 Å². The Kier molecular flexibility index (Phi) is 6.08. The molecule has 1 amide bonds. The summed E-state index contributed by atoms with van der Waals surface area (Å²) in [5.41, 5.74) is 3.27. The van der Waals surface area contributed by atoms with E-state index in [1.165, 1.54) is 6.42 Å². The first-order valence-electron chi connectivity index (χ1n) is 9.56. The number of hydrogen-bond acceptors (Lipinski definition) is 3. The van der Waals surface area contributed by atoms with Crippen molar-refractivity contribution in [2.24, 2.45) is 5.41 Å². The van der Waals surface area contributed by atoms with E-state index in [0.29, 0.717) is 5.41 Å². The number of nitrogens with one attached hydrogen (secondary N) is 1. The Morgan fingerprint density at radius 1 is 1.00 bits per heavy atom. The highest BCUT2D eigenvalue weighted by atomic mass is 35.5. The van der Waals surface area contributed by atoms with Crippen molar-refractivity contribution in [3.8, 4) is 0 Å². The molecule has 1 N–H and O–H groups in total. The highest BCUT2D eigenvalue weighted by molar-refractivity contribution is 6.00. The van der Waals surface area contributed by atoms with E-state index in [2.05, 4.69) is 22.3 Å². The number of rotatable bonds is 3. The quantitative estimate of drug-likeness (QED) is 0.864. The van der Waals surface area contributed by atoms with Gasteiger partial charge in [0, 0.05) is 32.4 Å². The van der Waals surface area contributed by atoms with Gasteiger partial charge in [0.15, 0.2) is 0 Å². The number of nitrogens with zero attached hydrogens (tertiary/aromatic N) is 2. The molecule has 2 saturated heterocycles. The Bertz CT molecular complexity index is 764. The molecular weight excluding hydrogens is 358 g/mol. The van der Waals surface area contributed by atoms with Crippen LogP contribution in [0.25, 0.3) is 0 Å². The van der Waals surface area contributed by atoms with Gasteiger partial charge in [-0.3, -0.25) is 4.79 Å². The molecule has 2 aliphatic rings. The van der Waals surface area contributed by atoms with Crippen molar-refractivity contribution in [2.45, 2.75) is 19.3 Å². The number of halogens is 1. The van der Waals surface area contributed by atoms with Crippen LogP contribution in [0.15, 0.2) is 54.6 Å². The molecule has 0 aliphatic carbocycles. The predicted molar refractivity (Wildman–Crippen MR) is 113 cm³/mol. The van der Waals surface area contributed by atoms with Gasteiger partial charge in [-0.25, -0.2) is 0 Å². The first kappa shape index (κ1) is 19.7. The van der Waals surface area contributed by atoms with Crippen LogP contribution < -0.4 is 10.2 Å². The molecule has 144 valence electrons. The predicted octanol–water partition coefficient (Wildman–Crippen LogP) is 4.09. The third-order valence-corrected chi connectivity index (χ3v) is 6.08. The summed E-state index contributed by atoms with van der Waals surface area (Å²) < 4.78 is 0. The van der Waals surface area contributed by atoms with E-state index in [1.807, 2.05) is 54.4 Å². The zero-order chi connectivity index (χ0) is 18.0. The number of hydrogen-bond donors (Lipinski definition) is 1. The van der Waals surface area contributed by atoms with E-state index in [4.69, 9.17) is 0 Å². The Morgan fingerprint density at radius 3 is 2.33 bits per heavy atom. The Labute approximate surface area is 168 Å². The van der Waals surface area contributed by atoms with Crippen LogP contribution >= 0.6 is 12.4 Å². The molecule has 4 nitrogen and oxygen atoms in total. The molecule has 0 radical (unpaired) electrons. The topological polar surface area (TPSA) is 35.6 Å². The van der Waals surface area contributed by atoms with Crippen molar-refractivity contribution >= 4 is 29.7 Å². The number of carbonyl (C=O) groups excluding carboxylic acids is 1. The monoisotopic (exact) mass is 385 g/mol.